The zero-order valence-electron chi connectivity index (χ0n) is 8.54. The molecule has 0 saturated carbocycles. The third kappa shape index (κ3) is 2.62. The molecule has 0 bridgehead atoms. The van der Waals surface area contributed by atoms with E-state index in [1.807, 2.05) is 4.90 Å². The highest BCUT2D eigenvalue weighted by molar-refractivity contribution is 9.10. The van der Waals surface area contributed by atoms with E-state index in [1.54, 1.807) is 12.1 Å². The third-order valence-corrected chi connectivity index (χ3v) is 3.10. The molecular formula is C11H14BrNO2. The van der Waals surface area contributed by atoms with Gasteiger partial charge in [0.1, 0.15) is 0 Å². The van der Waals surface area contributed by atoms with E-state index in [0.29, 0.717) is 10.4 Å². The van der Waals surface area contributed by atoms with Crippen molar-refractivity contribution < 1.29 is 9.21 Å². The van der Waals surface area contributed by atoms with Gasteiger partial charge in [0.25, 0.3) is 5.91 Å². The van der Waals surface area contributed by atoms with Crippen molar-refractivity contribution in [3.8, 4) is 0 Å². The number of furan rings is 1. The van der Waals surface area contributed by atoms with E-state index in [2.05, 4.69) is 15.9 Å². The Bertz CT molecular complexity index is 340. The number of halogens is 1. The van der Waals surface area contributed by atoms with Crippen molar-refractivity contribution in [2.45, 2.75) is 25.7 Å². The van der Waals surface area contributed by atoms with Crippen LogP contribution >= 0.6 is 15.9 Å². The quantitative estimate of drug-likeness (QED) is 0.787. The second-order valence-corrected chi connectivity index (χ2v) is 4.59. The van der Waals surface area contributed by atoms with E-state index in [-0.39, 0.29) is 5.91 Å². The van der Waals surface area contributed by atoms with Crippen LogP contribution < -0.4 is 0 Å². The first-order chi connectivity index (χ1) is 7.27. The van der Waals surface area contributed by atoms with Gasteiger partial charge in [-0.3, -0.25) is 4.79 Å². The fourth-order valence-electron chi connectivity index (χ4n) is 1.86. The van der Waals surface area contributed by atoms with Crippen LogP contribution in [0.15, 0.2) is 21.2 Å². The van der Waals surface area contributed by atoms with E-state index in [0.717, 1.165) is 25.9 Å². The van der Waals surface area contributed by atoms with E-state index < -0.39 is 0 Å². The number of amides is 1. The Hall–Kier alpha value is -0.770. The zero-order chi connectivity index (χ0) is 10.7. The molecule has 0 aromatic carbocycles. The van der Waals surface area contributed by atoms with Crippen molar-refractivity contribution in [1.29, 1.82) is 0 Å². The summed E-state index contributed by atoms with van der Waals surface area (Å²) >= 11 is 3.20. The molecule has 1 aliphatic rings. The first kappa shape index (κ1) is 10.7. The largest absolute Gasteiger partial charge is 0.444 e. The van der Waals surface area contributed by atoms with Gasteiger partial charge in [0.15, 0.2) is 10.4 Å². The Balaban J connectivity index is 2.06. The van der Waals surface area contributed by atoms with Gasteiger partial charge >= 0.3 is 0 Å². The highest BCUT2D eigenvalue weighted by Gasteiger charge is 2.19. The SMILES string of the molecule is O=C(c1ccc(Br)o1)N1CCCCCC1. The molecule has 1 saturated heterocycles. The number of likely N-dealkylation sites (tertiary alicyclic amines) is 1. The maximum Gasteiger partial charge on any atom is 0.289 e. The molecule has 0 N–H and O–H groups in total. The van der Waals surface area contributed by atoms with Crippen molar-refractivity contribution in [1.82, 2.24) is 4.90 Å². The van der Waals surface area contributed by atoms with Gasteiger partial charge in [-0.1, -0.05) is 12.8 Å². The second kappa shape index (κ2) is 4.84. The molecule has 2 heterocycles. The average Bonchev–Trinajstić information content (AvgIpc) is 2.53. The van der Waals surface area contributed by atoms with Gasteiger partial charge in [0.05, 0.1) is 0 Å². The summed E-state index contributed by atoms with van der Waals surface area (Å²) in [4.78, 5) is 13.9. The maximum atomic E-state index is 12.0. The molecule has 2 rings (SSSR count). The van der Waals surface area contributed by atoms with Gasteiger partial charge in [-0.15, -0.1) is 0 Å². The summed E-state index contributed by atoms with van der Waals surface area (Å²) in [5.41, 5.74) is 0. The number of hydrogen-bond acceptors (Lipinski definition) is 2. The molecule has 1 aliphatic heterocycles. The first-order valence-electron chi connectivity index (χ1n) is 5.32. The summed E-state index contributed by atoms with van der Waals surface area (Å²) in [5, 5.41) is 0. The minimum atomic E-state index is 0.0163. The molecule has 0 aliphatic carbocycles. The van der Waals surface area contributed by atoms with Crippen LogP contribution in [-0.2, 0) is 0 Å². The molecule has 1 aromatic rings. The summed E-state index contributed by atoms with van der Waals surface area (Å²) < 4.78 is 5.88. The van der Waals surface area contributed by atoms with Gasteiger partial charge in [-0.25, -0.2) is 0 Å². The summed E-state index contributed by atoms with van der Waals surface area (Å²) in [6, 6.07) is 3.47. The maximum absolute atomic E-state index is 12.0. The molecular weight excluding hydrogens is 258 g/mol. The van der Waals surface area contributed by atoms with Crippen molar-refractivity contribution in [3.05, 3.63) is 22.6 Å². The molecule has 1 amide bonds. The Morgan fingerprint density at radius 2 is 1.87 bits per heavy atom. The van der Waals surface area contributed by atoms with Gasteiger partial charge in [-0.05, 0) is 40.9 Å². The van der Waals surface area contributed by atoms with E-state index in [9.17, 15) is 4.79 Å². The third-order valence-electron chi connectivity index (χ3n) is 2.68. The molecule has 0 radical (unpaired) electrons. The minimum Gasteiger partial charge on any atom is -0.444 e. The summed E-state index contributed by atoms with van der Waals surface area (Å²) in [7, 11) is 0. The lowest BCUT2D eigenvalue weighted by Gasteiger charge is -2.18. The minimum absolute atomic E-state index is 0.0163. The van der Waals surface area contributed by atoms with Crippen LogP contribution in [0, 0.1) is 0 Å². The zero-order valence-corrected chi connectivity index (χ0v) is 10.1. The van der Waals surface area contributed by atoms with Gasteiger partial charge < -0.3 is 9.32 Å². The van der Waals surface area contributed by atoms with Crippen LogP contribution in [-0.4, -0.2) is 23.9 Å². The molecule has 0 atom stereocenters. The Kier molecular flexibility index (Phi) is 3.46. The van der Waals surface area contributed by atoms with Gasteiger partial charge in [0.2, 0.25) is 0 Å². The standard InChI is InChI=1S/C11H14BrNO2/c12-10-6-5-9(15-10)11(14)13-7-3-1-2-4-8-13/h5-6H,1-4,7-8H2. The lowest BCUT2D eigenvalue weighted by molar-refractivity contribution is 0.0728. The normalized spacial score (nSPS) is 17.5. The van der Waals surface area contributed by atoms with Crippen molar-refractivity contribution in [2.75, 3.05) is 13.1 Å². The van der Waals surface area contributed by atoms with Crippen LogP contribution in [0.1, 0.15) is 36.2 Å². The van der Waals surface area contributed by atoms with Crippen LogP contribution in [0.5, 0.6) is 0 Å². The summed E-state index contributed by atoms with van der Waals surface area (Å²) in [6.45, 7) is 1.72. The molecule has 3 nitrogen and oxygen atoms in total. The topological polar surface area (TPSA) is 33.5 Å². The fraction of sp³-hybridized carbons (Fsp3) is 0.545. The van der Waals surface area contributed by atoms with E-state index in [4.69, 9.17) is 4.42 Å². The van der Waals surface area contributed by atoms with Crippen LogP contribution in [0.2, 0.25) is 0 Å². The van der Waals surface area contributed by atoms with Crippen LogP contribution in [0.4, 0.5) is 0 Å². The van der Waals surface area contributed by atoms with Crippen molar-refractivity contribution >= 4 is 21.8 Å². The highest BCUT2D eigenvalue weighted by atomic mass is 79.9. The smallest absolute Gasteiger partial charge is 0.289 e. The number of rotatable bonds is 1. The first-order valence-corrected chi connectivity index (χ1v) is 6.11. The molecule has 0 unspecified atom stereocenters. The highest BCUT2D eigenvalue weighted by Crippen LogP contribution is 2.18. The summed E-state index contributed by atoms with van der Waals surface area (Å²) in [6.07, 6.45) is 4.67. The fourth-order valence-corrected chi connectivity index (χ4v) is 2.17. The Labute approximate surface area is 97.6 Å². The van der Waals surface area contributed by atoms with Gasteiger partial charge in [0, 0.05) is 13.1 Å². The number of nitrogens with zero attached hydrogens (tertiary/aromatic N) is 1. The second-order valence-electron chi connectivity index (χ2n) is 3.81. The van der Waals surface area contributed by atoms with Crippen LogP contribution in [0.3, 0.4) is 0 Å². The molecule has 0 spiro atoms. The molecule has 82 valence electrons. The molecule has 15 heavy (non-hydrogen) atoms. The predicted molar refractivity (Wildman–Crippen MR) is 60.8 cm³/mol. The lowest BCUT2D eigenvalue weighted by Crippen LogP contribution is -2.31. The lowest BCUT2D eigenvalue weighted by atomic mass is 10.2. The summed E-state index contributed by atoms with van der Waals surface area (Å²) in [5.74, 6) is 0.450. The van der Waals surface area contributed by atoms with Crippen molar-refractivity contribution in [3.63, 3.8) is 0 Å². The number of carbonyl (C=O) groups excluding carboxylic acids is 1. The monoisotopic (exact) mass is 271 g/mol. The van der Waals surface area contributed by atoms with E-state index >= 15 is 0 Å². The number of carbonyl (C=O) groups is 1. The molecule has 1 aromatic heterocycles. The van der Waals surface area contributed by atoms with Crippen molar-refractivity contribution in [2.24, 2.45) is 0 Å². The predicted octanol–water partition coefficient (Wildman–Crippen LogP) is 3.06. The van der Waals surface area contributed by atoms with E-state index in [1.165, 1.54) is 12.8 Å². The van der Waals surface area contributed by atoms with Crippen LogP contribution in [0.25, 0.3) is 0 Å². The Morgan fingerprint density at radius 1 is 1.20 bits per heavy atom. The van der Waals surface area contributed by atoms with Gasteiger partial charge in [-0.2, -0.15) is 0 Å². The average molecular weight is 272 g/mol. The number of hydrogen-bond donors (Lipinski definition) is 0. The Morgan fingerprint density at radius 3 is 2.40 bits per heavy atom. The molecule has 1 fully saturated rings. The molecule has 4 heteroatoms.